The van der Waals surface area contributed by atoms with Crippen molar-refractivity contribution in [3.8, 4) is 5.75 Å². The molecule has 2 aromatic carbocycles. The summed E-state index contributed by atoms with van der Waals surface area (Å²) in [5.74, 6) is 0.735. The smallest absolute Gasteiger partial charge is 0.322 e. The van der Waals surface area contributed by atoms with Crippen LogP contribution < -0.4 is 10.1 Å². The zero-order valence-electron chi connectivity index (χ0n) is 17.2. The minimum atomic E-state index is -0.0610. The molecule has 1 aromatic heterocycles. The largest absolute Gasteiger partial charge is 0.497 e. The van der Waals surface area contributed by atoms with Gasteiger partial charge in [0.15, 0.2) is 0 Å². The Balaban J connectivity index is 1.51. The van der Waals surface area contributed by atoms with Crippen molar-refractivity contribution < 1.29 is 9.53 Å². The van der Waals surface area contributed by atoms with Crippen molar-refractivity contribution in [2.75, 3.05) is 19.0 Å². The zero-order chi connectivity index (χ0) is 20.5. The quantitative estimate of drug-likeness (QED) is 0.583. The monoisotopic (exact) mass is 418 g/mol. The van der Waals surface area contributed by atoms with Gasteiger partial charge in [0, 0.05) is 28.1 Å². The van der Waals surface area contributed by atoms with Crippen molar-refractivity contribution in [3.63, 3.8) is 0 Å². The van der Waals surface area contributed by atoms with E-state index in [1.165, 1.54) is 41.7 Å². The van der Waals surface area contributed by atoms with E-state index in [0.717, 1.165) is 24.4 Å². The van der Waals surface area contributed by atoms with E-state index >= 15 is 0 Å². The normalized spacial score (nSPS) is 17.8. The number of fused-ring (bicyclic) bond motifs is 3. The van der Waals surface area contributed by atoms with Gasteiger partial charge in [0.2, 0.25) is 0 Å². The molecule has 0 spiro atoms. The maximum Gasteiger partial charge on any atom is 0.322 e. The van der Waals surface area contributed by atoms with Crippen LogP contribution >= 0.6 is 11.3 Å². The second kappa shape index (κ2) is 8.15. The summed E-state index contributed by atoms with van der Waals surface area (Å²) in [7, 11) is 1.64. The van der Waals surface area contributed by atoms with Gasteiger partial charge < -0.3 is 15.0 Å². The number of benzene rings is 2. The van der Waals surface area contributed by atoms with E-state index < -0.39 is 0 Å². The molecule has 1 aliphatic carbocycles. The number of carbonyl (C=O) groups is 1. The third-order valence-corrected chi connectivity index (χ3v) is 7.56. The van der Waals surface area contributed by atoms with E-state index in [2.05, 4.69) is 29.6 Å². The van der Waals surface area contributed by atoms with Gasteiger partial charge in [-0.25, -0.2) is 4.79 Å². The highest BCUT2D eigenvalue weighted by molar-refractivity contribution is 7.12. The van der Waals surface area contributed by atoms with Crippen molar-refractivity contribution in [2.24, 2.45) is 0 Å². The van der Waals surface area contributed by atoms with Gasteiger partial charge in [-0.2, -0.15) is 0 Å². The van der Waals surface area contributed by atoms with Gasteiger partial charge >= 0.3 is 6.03 Å². The number of methoxy groups -OCH3 is 1. The lowest BCUT2D eigenvalue weighted by Gasteiger charge is -2.36. The molecule has 2 heterocycles. The van der Waals surface area contributed by atoms with Gasteiger partial charge in [0.25, 0.3) is 0 Å². The number of rotatable bonds is 3. The summed E-state index contributed by atoms with van der Waals surface area (Å²) in [6.07, 6.45) is 5.88. The number of aryl methyl sites for hydroxylation is 1. The molecule has 5 rings (SSSR count). The number of nitrogens with one attached hydrogen (secondary N) is 1. The van der Waals surface area contributed by atoms with Crippen LogP contribution in [0.2, 0.25) is 0 Å². The number of hydrogen-bond donors (Lipinski definition) is 1. The van der Waals surface area contributed by atoms with E-state index in [0.29, 0.717) is 0 Å². The Morgan fingerprint density at radius 1 is 1.03 bits per heavy atom. The number of thiophene rings is 1. The summed E-state index contributed by atoms with van der Waals surface area (Å²) < 4.78 is 5.30. The van der Waals surface area contributed by atoms with Crippen LogP contribution in [-0.2, 0) is 19.3 Å². The maximum atomic E-state index is 13.4. The predicted octanol–water partition coefficient (Wildman–Crippen LogP) is 5.82. The lowest BCUT2D eigenvalue weighted by atomic mass is 9.88. The molecular formula is C25H26N2O2S. The number of nitrogens with zero attached hydrogens (tertiary/aromatic N) is 1. The van der Waals surface area contributed by atoms with Crippen LogP contribution in [0.25, 0.3) is 0 Å². The number of amides is 2. The first-order valence-electron chi connectivity index (χ1n) is 10.6. The first kappa shape index (κ1) is 19.2. The molecule has 0 bridgehead atoms. The molecule has 5 heteroatoms. The summed E-state index contributed by atoms with van der Waals surface area (Å²) in [4.78, 5) is 18.3. The van der Waals surface area contributed by atoms with E-state index in [9.17, 15) is 4.79 Å². The average Bonchev–Trinajstić information content (AvgIpc) is 3.18. The third-order valence-electron chi connectivity index (χ3n) is 6.17. The molecule has 3 aromatic rings. The van der Waals surface area contributed by atoms with Crippen LogP contribution in [0.15, 0.2) is 54.6 Å². The van der Waals surface area contributed by atoms with Crippen LogP contribution in [0, 0.1) is 0 Å². The van der Waals surface area contributed by atoms with Gasteiger partial charge in [-0.15, -0.1) is 11.3 Å². The molecular weight excluding hydrogens is 392 g/mol. The summed E-state index contributed by atoms with van der Waals surface area (Å²) >= 11 is 1.93. The first-order valence-corrected chi connectivity index (χ1v) is 11.5. The van der Waals surface area contributed by atoms with E-state index in [4.69, 9.17) is 4.74 Å². The van der Waals surface area contributed by atoms with Gasteiger partial charge in [-0.1, -0.05) is 36.4 Å². The average molecular weight is 419 g/mol. The molecule has 4 nitrogen and oxygen atoms in total. The highest BCUT2D eigenvalue weighted by Crippen LogP contribution is 2.45. The predicted molar refractivity (Wildman–Crippen MR) is 122 cm³/mol. The van der Waals surface area contributed by atoms with Crippen LogP contribution in [0.1, 0.15) is 45.3 Å². The molecule has 1 aliphatic heterocycles. The fraction of sp³-hybridized carbons (Fsp3) is 0.320. The molecule has 1 atom stereocenters. The SMILES string of the molecule is COc1cccc(NC(=O)N2CCc3c(sc4c3CCCC4)C2c2ccccc2)c1. The van der Waals surface area contributed by atoms with Crippen LogP contribution in [-0.4, -0.2) is 24.6 Å². The molecule has 1 N–H and O–H groups in total. The number of anilines is 1. The molecule has 0 fully saturated rings. The lowest BCUT2D eigenvalue weighted by molar-refractivity contribution is 0.195. The fourth-order valence-corrected chi connectivity index (χ4v) is 6.32. The Labute approximate surface area is 181 Å². The Kier molecular flexibility index (Phi) is 5.21. The Morgan fingerprint density at radius 3 is 2.70 bits per heavy atom. The second-order valence-corrected chi connectivity index (χ2v) is 9.11. The molecule has 154 valence electrons. The highest BCUT2D eigenvalue weighted by Gasteiger charge is 2.36. The minimum Gasteiger partial charge on any atom is -0.497 e. The van der Waals surface area contributed by atoms with Crippen molar-refractivity contribution in [1.82, 2.24) is 4.90 Å². The summed E-state index contributed by atoms with van der Waals surface area (Å²) in [5, 5.41) is 3.09. The first-order chi connectivity index (χ1) is 14.7. The highest BCUT2D eigenvalue weighted by atomic mass is 32.1. The van der Waals surface area contributed by atoms with Gasteiger partial charge in [0.05, 0.1) is 13.2 Å². The molecule has 2 aliphatic rings. The molecule has 0 radical (unpaired) electrons. The van der Waals surface area contributed by atoms with Crippen LogP contribution in [0.3, 0.4) is 0 Å². The number of hydrogen-bond acceptors (Lipinski definition) is 3. The Morgan fingerprint density at radius 2 is 1.87 bits per heavy atom. The fourth-order valence-electron chi connectivity index (χ4n) is 4.73. The molecule has 2 amide bonds. The van der Waals surface area contributed by atoms with E-state index in [1.807, 2.05) is 46.6 Å². The van der Waals surface area contributed by atoms with Crippen molar-refractivity contribution in [1.29, 1.82) is 0 Å². The number of carbonyl (C=O) groups excluding carboxylic acids is 1. The zero-order valence-corrected chi connectivity index (χ0v) is 18.0. The van der Waals surface area contributed by atoms with Crippen LogP contribution in [0.4, 0.5) is 10.5 Å². The van der Waals surface area contributed by atoms with Gasteiger partial charge in [-0.3, -0.25) is 0 Å². The van der Waals surface area contributed by atoms with Crippen LogP contribution in [0.5, 0.6) is 5.75 Å². The van der Waals surface area contributed by atoms with Gasteiger partial charge in [-0.05, 0) is 60.9 Å². The second-order valence-electron chi connectivity index (χ2n) is 7.97. The topological polar surface area (TPSA) is 41.6 Å². The summed E-state index contributed by atoms with van der Waals surface area (Å²) in [6.45, 7) is 0.728. The van der Waals surface area contributed by atoms with E-state index in [1.54, 1.807) is 17.6 Å². The molecule has 1 unspecified atom stereocenters. The van der Waals surface area contributed by atoms with Crippen molar-refractivity contribution in [3.05, 3.63) is 81.0 Å². The number of ether oxygens (including phenoxy) is 1. The number of urea groups is 1. The van der Waals surface area contributed by atoms with E-state index in [-0.39, 0.29) is 12.1 Å². The third kappa shape index (κ3) is 3.47. The standard InChI is InChI=1S/C25H26N2O2S/c1-29-19-11-7-10-18(16-19)26-25(28)27-15-14-21-20-12-5-6-13-22(20)30-24(21)23(27)17-8-3-2-4-9-17/h2-4,7-11,16,23H,5-6,12-15H2,1H3,(H,26,28). The minimum absolute atomic E-state index is 0.0313. The molecule has 0 saturated carbocycles. The van der Waals surface area contributed by atoms with Gasteiger partial charge in [0.1, 0.15) is 5.75 Å². The molecule has 30 heavy (non-hydrogen) atoms. The van der Waals surface area contributed by atoms with Crippen molar-refractivity contribution in [2.45, 2.75) is 38.1 Å². The lowest BCUT2D eigenvalue weighted by Crippen LogP contribution is -2.42. The summed E-state index contributed by atoms with van der Waals surface area (Å²) in [5.41, 5.74) is 5.02. The maximum absolute atomic E-state index is 13.4. The Hall–Kier alpha value is -2.79. The Bertz CT molecular complexity index is 1060. The van der Waals surface area contributed by atoms with Crippen molar-refractivity contribution >= 4 is 23.1 Å². The summed E-state index contributed by atoms with van der Waals surface area (Å²) in [6, 6.07) is 17.9. The molecule has 0 saturated heterocycles.